The van der Waals surface area contributed by atoms with Crippen LogP contribution >= 0.6 is 0 Å². The summed E-state index contributed by atoms with van der Waals surface area (Å²) in [5.74, 6) is 0.933. The van der Waals surface area contributed by atoms with Gasteiger partial charge in [-0.3, -0.25) is 4.79 Å². The number of carbonyl (C=O) groups is 1. The summed E-state index contributed by atoms with van der Waals surface area (Å²) in [6, 6.07) is 9.98. The van der Waals surface area contributed by atoms with Gasteiger partial charge in [0.1, 0.15) is 0 Å². The van der Waals surface area contributed by atoms with Crippen molar-refractivity contribution in [2.45, 2.75) is 51.0 Å². The van der Waals surface area contributed by atoms with Gasteiger partial charge in [0, 0.05) is 26.1 Å². The molecule has 1 aromatic carbocycles. The van der Waals surface area contributed by atoms with Crippen LogP contribution in [-0.2, 0) is 4.79 Å². The largest absolute Gasteiger partial charge is 0.345 e. The zero-order chi connectivity index (χ0) is 15.1. The SMILES string of the molecule is CN(CC1CCCCC1)C(=O)CCC(N)c1ccccc1. The lowest BCUT2D eigenvalue weighted by molar-refractivity contribution is -0.130. The molecule has 1 saturated carbocycles. The monoisotopic (exact) mass is 288 g/mol. The molecule has 1 aromatic rings. The summed E-state index contributed by atoms with van der Waals surface area (Å²) in [4.78, 5) is 14.1. The van der Waals surface area contributed by atoms with Crippen LogP contribution in [0.15, 0.2) is 30.3 Å². The Morgan fingerprint density at radius 2 is 1.90 bits per heavy atom. The molecule has 0 aromatic heterocycles. The van der Waals surface area contributed by atoms with Crippen molar-refractivity contribution >= 4 is 5.91 Å². The van der Waals surface area contributed by atoms with Crippen molar-refractivity contribution in [3.8, 4) is 0 Å². The molecule has 116 valence electrons. The minimum Gasteiger partial charge on any atom is -0.345 e. The van der Waals surface area contributed by atoms with Gasteiger partial charge >= 0.3 is 0 Å². The van der Waals surface area contributed by atoms with E-state index in [1.165, 1.54) is 32.1 Å². The van der Waals surface area contributed by atoms with E-state index in [1.54, 1.807) is 0 Å². The van der Waals surface area contributed by atoms with Crippen LogP contribution in [0.3, 0.4) is 0 Å². The van der Waals surface area contributed by atoms with Gasteiger partial charge in [-0.25, -0.2) is 0 Å². The van der Waals surface area contributed by atoms with Crippen LogP contribution in [0.1, 0.15) is 56.6 Å². The van der Waals surface area contributed by atoms with Crippen LogP contribution in [0.2, 0.25) is 0 Å². The van der Waals surface area contributed by atoms with E-state index in [2.05, 4.69) is 0 Å². The number of nitrogens with zero attached hydrogens (tertiary/aromatic N) is 1. The quantitative estimate of drug-likeness (QED) is 0.870. The van der Waals surface area contributed by atoms with Crippen molar-refractivity contribution < 1.29 is 4.79 Å². The van der Waals surface area contributed by atoms with Crippen LogP contribution in [0, 0.1) is 5.92 Å². The van der Waals surface area contributed by atoms with Crippen molar-refractivity contribution in [2.75, 3.05) is 13.6 Å². The van der Waals surface area contributed by atoms with Crippen molar-refractivity contribution in [2.24, 2.45) is 11.7 Å². The van der Waals surface area contributed by atoms with E-state index >= 15 is 0 Å². The van der Waals surface area contributed by atoms with Crippen molar-refractivity contribution in [1.82, 2.24) is 4.90 Å². The second-order valence-electron chi connectivity index (χ2n) is 6.33. The normalized spacial score (nSPS) is 17.4. The Morgan fingerprint density at radius 3 is 2.57 bits per heavy atom. The van der Waals surface area contributed by atoms with Gasteiger partial charge in [-0.15, -0.1) is 0 Å². The van der Waals surface area contributed by atoms with Crippen molar-refractivity contribution in [3.05, 3.63) is 35.9 Å². The first-order chi connectivity index (χ1) is 10.2. The average Bonchev–Trinajstić information content (AvgIpc) is 2.54. The molecule has 0 radical (unpaired) electrons. The predicted molar refractivity (Wildman–Crippen MR) is 86.8 cm³/mol. The molecule has 1 unspecified atom stereocenters. The molecule has 2 N–H and O–H groups in total. The molecule has 3 heteroatoms. The topological polar surface area (TPSA) is 46.3 Å². The summed E-state index contributed by atoms with van der Waals surface area (Å²) >= 11 is 0. The first-order valence-electron chi connectivity index (χ1n) is 8.21. The Balaban J connectivity index is 1.73. The third kappa shape index (κ3) is 5.16. The van der Waals surface area contributed by atoms with E-state index in [-0.39, 0.29) is 11.9 Å². The summed E-state index contributed by atoms with van der Waals surface area (Å²) in [6.45, 7) is 0.916. The Labute approximate surface area is 128 Å². The Hall–Kier alpha value is -1.35. The number of amides is 1. The molecular weight excluding hydrogens is 260 g/mol. The van der Waals surface area contributed by atoms with E-state index in [9.17, 15) is 4.79 Å². The summed E-state index contributed by atoms with van der Waals surface area (Å²) in [7, 11) is 1.94. The molecule has 21 heavy (non-hydrogen) atoms. The number of rotatable bonds is 6. The van der Waals surface area contributed by atoms with E-state index in [4.69, 9.17) is 5.73 Å². The van der Waals surface area contributed by atoms with Crippen molar-refractivity contribution in [1.29, 1.82) is 0 Å². The second kappa shape index (κ2) is 8.18. The van der Waals surface area contributed by atoms with Gasteiger partial charge in [0.2, 0.25) is 5.91 Å². The molecule has 1 aliphatic rings. The molecular formula is C18H28N2O. The van der Waals surface area contributed by atoms with E-state index in [0.29, 0.717) is 12.3 Å². The highest BCUT2D eigenvalue weighted by Gasteiger charge is 2.18. The Kier molecular flexibility index (Phi) is 6.24. The molecule has 1 aliphatic carbocycles. The third-order valence-electron chi connectivity index (χ3n) is 4.58. The number of benzene rings is 1. The summed E-state index contributed by atoms with van der Waals surface area (Å²) in [5.41, 5.74) is 7.27. The molecule has 1 atom stereocenters. The zero-order valence-corrected chi connectivity index (χ0v) is 13.1. The van der Waals surface area contributed by atoms with Crippen LogP contribution in [0.5, 0.6) is 0 Å². The highest BCUT2D eigenvalue weighted by Crippen LogP contribution is 2.24. The third-order valence-corrected chi connectivity index (χ3v) is 4.58. The van der Waals surface area contributed by atoms with Gasteiger partial charge in [-0.2, -0.15) is 0 Å². The molecule has 1 amide bonds. The average molecular weight is 288 g/mol. The smallest absolute Gasteiger partial charge is 0.222 e. The maximum atomic E-state index is 12.2. The van der Waals surface area contributed by atoms with Crippen LogP contribution in [-0.4, -0.2) is 24.4 Å². The van der Waals surface area contributed by atoms with Gasteiger partial charge in [-0.05, 0) is 30.7 Å². The van der Waals surface area contributed by atoms with Crippen LogP contribution < -0.4 is 5.73 Å². The summed E-state index contributed by atoms with van der Waals surface area (Å²) in [5, 5.41) is 0. The molecule has 0 aliphatic heterocycles. The van der Waals surface area contributed by atoms with Crippen LogP contribution in [0.25, 0.3) is 0 Å². The second-order valence-corrected chi connectivity index (χ2v) is 6.33. The highest BCUT2D eigenvalue weighted by molar-refractivity contribution is 5.75. The minimum atomic E-state index is -0.0433. The first-order valence-corrected chi connectivity index (χ1v) is 8.21. The number of hydrogen-bond donors (Lipinski definition) is 1. The molecule has 0 spiro atoms. The lowest BCUT2D eigenvalue weighted by Crippen LogP contribution is -2.33. The van der Waals surface area contributed by atoms with Gasteiger partial charge < -0.3 is 10.6 Å². The number of carbonyl (C=O) groups excluding carboxylic acids is 1. The fraction of sp³-hybridized carbons (Fsp3) is 0.611. The van der Waals surface area contributed by atoms with Gasteiger partial charge in [0.15, 0.2) is 0 Å². The molecule has 0 saturated heterocycles. The first kappa shape index (κ1) is 16.0. The minimum absolute atomic E-state index is 0.0433. The molecule has 2 rings (SSSR count). The van der Waals surface area contributed by atoms with E-state index in [1.807, 2.05) is 42.3 Å². The maximum absolute atomic E-state index is 12.2. The summed E-state index contributed by atoms with van der Waals surface area (Å²) in [6.07, 6.45) is 7.83. The Bertz CT molecular complexity index is 426. The van der Waals surface area contributed by atoms with E-state index < -0.39 is 0 Å². The van der Waals surface area contributed by atoms with Crippen LogP contribution in [0.4, 0.5) is 0 Å². The fourth-order valence-electron chi connectivity index (χ4n) is 3.20. The molecule has 0 heterocycles. The fourth-order valence-corrected chi connectivity index (χ4v) is 3.20. The predicted octanol–water partition coefficient (Wildman–Crippen LogP) is 3.51. The van der Waals surface area contributed by atoms with Gasteiger partial charge in [-0.1, -0.05) is 49.6 Å². The zero-order valence-electron chi connectivity index (χ0n) is 13.1. The summed E-state index contributed by atoms with van der Waals surface area (Å²) < 4.78 is 0. The molecule has 3 nitrogen and oxygen atoms in total. The maximum Gasteiger partial charge on any atom is 0.222 e. The highest BCUT2D eigenvalue weighted by atomic mass is 16.2. The molecule has 1 fully saturated rings. The van der Waals surface area contributed by atoms with Gasteiger partial charge in [0.05, 0.1) is 0 Å². The number of nitrogens with two attached hydrogens (primary N) is 1. The van der Waals surface area contributed by atoms with Crippen molar-refractivity contribution in [3.63, 3.8) is 0 Å². The standard InChI is InChI=1S/C18H28N2O/c1-20(14-15-8-4-2-5-9-15)18(21)13-12-17(19)16-10-6-3-7-11-16/h3,6-7,10-11,15,17H,2,4-5,8-9,12-14,19H2,1H3. The van der Waals surface area contributed by atoms with Gasteiger partial charge in [0.25, 0.3) is 0 Å². The van der Waals surface area contributed by atoms with E-state index in [0.717, 1.165) is 18.5 Å². The Morgan fingerprint density at radius 1 is 1.24 bits per heavy atom. The number of hydrogen-bond acceptors (Lipinski definition) is 2. The molecule has 0 bridgehead atoms. The lowest BCUT2D eigenvalue weighted by Gasteiger charge is -2.27. The lowest BCUT2D eigenvalue weighted by atomic mass is 9.89.